The zero-order valence-corrected chi connectivity index (χ0v) is 15.5. The molecule has 1 saturated heterocycles. The second kappa shape index (κ2) is 6.59. The van der Waals surface area contributed by atoms with Gasteiger partial charge in [-0.05, 0) is 50.8 Å². The van der Waals surface area contributed by atoms with E-state index < -0.39 is 0 Å². The first-order chi connectivity index (χ1) is 12.6. The summed E-state index contributed by atoms with van der Waals surface area (Å²) in [6.07, 6.45) is 5.94. The number of carbonyl (C=O) groups excluding carboxylic acids is 1. The van der Waals surface area contributed by atoms with Gasteiger partial charge in [0.25, 0.3) is 5.91 Å². The van der Waals surface area contributed by atoms with Crippen molar-refractivity contribution in [1.82, 2.24) is 19.7 Å². The molecule has 26 heavy (non-hydrogen) atoms. The van der Waals surface area contributed by atoms with Crippen molar-refractivity contribution in [2.45, 2.75) is 45.6 Å². The minimum atomic E-state index is 0.0767. The number of aryl methyl sites for hydroxylation is 2. The van der Waals surface area contributed by atoms with Crippen LogP contribution in [-0.4, -0.2) is 38.2 Å². The lowest BCUT2D eigenvalue weighted by Gasteiger charge is -2.35. The summed E-state index contributed by atoms with van der Waals surface area (Å²) in [6.45, 7) is 4.90. The molecule has 1 atom stereocenters. The largest absolute Gasteiger partial charge is 0.463 e. The van der Waals surface area contributed by atoms with Crippen LogP contribution in [0.25, 0.3) is 22.5 Å². The zero-order valence-electron chi connectivity index (χ0n) is 15.5. The molecule has 0 spiro atoms. The van der Waals surface area contributed by atoms with Crippen molar-refractivity contribution in [2.24, 2.45) is 7.05 Å². The summed E-state index contributed by atoms with van der Waals surface area (Å²) in [7, 11) is 1.86. The van der Waals surface area contributed by atoms with Crippen LogP contribution in [0.4, 0.5) is 0 Å². The van der Waals surface area contributed by atoms with E-state index in [1.807, 2.05) is 37.1 Å². The number of furan rings is 1. The molecule has 3 aromatic heterocycles. The van der Waals surface area contributed by atoms with E-state index in [2.05, 4.69) is 12.0 Å². The van der Waals surface area contributed by atoms with Gasteiger partial charge in [0, 0.05) is 19.6 Å². The standard InChI is InChI=1S/C20H24N4O2/c1-4-14-8-5-6-10-24(14)20(25)15-12-16(17-9-7-11-26-17)21-19-18(15)13(2)22-23(19)3/h7,9,11-12,14H,4-6,8,10H2,1-3H3/t14-/m0/s1. The predicted octanol–water partition coefficient (Wildman–Crippen LogP) is 3.94. The van der Waals surface area contributed by atoms with Crippen molar-refractivity contribution >= 4 is 16.9 Å². The summed E-state index contributed by atoms with van der Waals surface area (Å²) >= 11 is 0. The summed E-state index contributed by atoms with van der Waals surface area (Å²) < 4.78 is 7.26. The lowest BCUT2D eigenvalue weighted by Crippen LogP contribution is -2.43. The number of nitrogens with zero attached hydrogens (tertiary/aromatic N) is 4. The minimum Gasteiger partial charge on any atom is -0.463 e. The van der Waals surface area contributed by atoms with E-state index in [-0.39, 0.29) is 5.91 Å². The Balaban J connectivity index is 1.88. The van der Waals surface area contributed by atoms with Gasteiger partial charge in [0.15, 0.2) is 11.4 Å². The molecule has 0 radical (unpaired) electrons. The Kier molecular flexibility index (Phi) is 4.26. The van der Waals surface area contributed by atoms with Gasteiger partial charge in [-0.1, -0.05) is 6.92 Å². The maximum atomic E-state index is 13.5. The maximum absolute atomic E-state index is 13.5. The highest BCUT2D eigenvalue weighted by Gasteiger charge is 2.29. The zero-order chi connectivity index (χ0) is 18.3. The first kappa shape index (κ1) is 16.8. The SMILES string of the molecule is CC[C@H]1CCCCN1C(=O)c1cc(-c2ccco2)nc2c1c(C)nn2C. The number of fused-ring (bicyclic) bond motifs is 1. The molecule has 0 N–H and O–H groups in total. The molecule has 1 amide bonds. The summed E-state index contributed by atoms with van der Waals surface area (Å²) in [5.74, 6) is 0.735. The van der Waals surface area contributed by atoms with Crippen LogP contribution < -0.4 is 0 Å². The van der Waals surface area contributed by atoms with Gasteiger partial charge in [-0.15, -0.1) is 0 Å². The number of pyridine rings is 1. The number of likely N-dealkylation sites (tertiary alicyclic amines) is 1. The van der Waals surface area contributed by atoms with E-state index in [9.17, 15) is 4.79 Å². The van der Waals surface area contributed by atoms with E-state index in [0.29, 0.717) is 28.7 Å². The molecule has 6 heteroatoms. The van der Waals surface area contributed by atoms with Gasteiger partial charge in [0.2, 0.25) is 0 Å². The van der Waals surface area contributed by atoms with Crippen molar-refractivity contribution in [3.8, 4) is 11.5 Å². The van der Waals surface area contributed by atoms with Crippen LogP contribution in [0.5, 0.6) is 0 Å². The Morgan fingerprint density at radius 2 is 2.23 bits per heavy atom. The van der Waals surface area contributed by atoms with Gasteiger partial charge < -0.3 is 9.32 Å². The average Bonchev–Trinajstić information content (AvgIpc) is 3.29. The molecule has 0 unspecified atom stereocenters. The topological polar surface area (TPSA) is 64.2 Å². The third-order valence-corrected chi connectivity index (χ3v) is 5.33. The summed E-state index contributed by atoms with van der Waals surface area (Å²) in [5.41, 5.74) is 2.88. The van der Waals surface area contributed by atoms with Crippen LogP contribution in [0.2, 0.25) is 0 Å². The van der Waals surface area contributed by atoms with Crippen molar-refractivity contribution in [1.29, 1.82) is 0 Å². The van der Waals surface area contributed by atoms with Crippen LogP contribution in [0.15, 0.2) is 28.9 Å². The van der Waals surface area contributed by atoms with E-state index >= 15 is 0 Å². The molecular formula is C20H24N4O2. The highest BCUT2D eigenvalue weighted by Crippen LogP contribution is 2.30. The van der Waals surface area contributed by atoms with E-state index in [1.54, 1.807) is 10.9 Å². The Bertz CT molecular complexity index is 943. The second-order valence-corrected chi connectivity index (χ2v) is 7.00. The number of amides is 1. The fourth-order valence-electron chi connectivity index (χ4n) is 4.01. The van der Waals surface area contributed by atoms with Gasteiger partial charge in [0.05, 0.1) is 22.9 Å². The highest BCUT2D eigenvalue weighted by atomic mass is 16.3. The number of carbonyl (C=O) groups is 1. The molecule has 0 bridgehead atoms. The lowest BCUT2D eigenvalue weighted by molar-refractivity contribution is 0.0610. The molecule has 0 aromatic carbocycles. The molecular weight excluding hydrogens is 328 g/mol. The van der Waals surface area contributed by atoms with Crippen molar-refractivity contribution in [3.63, 3.8) is 0 Å². The Labute approximate surface area is 152 Å². The Morgan fingerprint density at radius 3 is 2.96 bits per heavy atom. The lowest BCUT2D eigenvalue weighted by atomic mass is 9.98. The fraction of sp³-hybridized carbons (Fsp3) is 0.450. The van der Waals surface area contributed by atoms with Crippen molar-refractivity contribution < 1.29 is 9.21 Å². The van der Waals surface area contributed by atoms with Crippen LogP contribution in [-0.2, 0) is 7.05 Å². The monoisotopic (exact) mass is 352 g/mol. The maximum Gasteiger partial charge on any atom is 0.255 e. The van der Waals surface area contributed by atoms with Crippen molar-refractivity contribution in [2.75, 3.05) is 6.54 Å². The smallest absolute Gasteiger partial charge is 0.255 e. The molecule has 4 heterocycles. The molecule has 0 saturated carbocycles. The Hall–Kier alpha value is -2.63. The van der Waals surface area contributed by atoms with E-state index in [1.165, 1.54) is 6.42 Å². The molecule has 3 aromatic rings. The third-order valence-electron chi connectivity index (χ3n) is 5.33. The third kappa shape index (κ3) is 2.69. The highest BCUT2D eigenvalue weighted by molar-refractivity contribution is 6.07. The normalized spacial score (nSPS) is 17.8. The number of aromatic nitrogens is 3. The number of hydrogen-bond acceptors (Lipinski definition) is 4. The van der Waals surface area contributed by atoms with Gasteiger partial charge in [-0.3, -0.25) is 9.48 Å². The summed E-state index contributed by atoms with van der Waals surface area (Å²) in [5, 5.41) is 5.33. The van der Waals surface area contributed by atoms with E-state index in [4.69, 9.17) is 9.40 Å². The Morgan fingerprint density at radius 1 is 1.38 bits per heavy atom. The van der Waals surface area contributed by atoms with Gasteiger partial charge in [0.1, 0.15) is 5.69 Å². The molecule has 136 valence electrons. The van der Waals surface area contributed by atoms with Gasteiger partial charge in [-0.25, -0.2) is 4.98 Å². The van der Waals surface area contributed by atoms with Crippen molar-refractivity contribution in [3.05, 3.63) is 35.7 Å². The number of hydrogen-bond donors (Lipinski definition) is 0. The molecule has 0 aliphatic carbocycles. The van der Waals surface area contributed by atoms with Gasteiger partial charge in [-0.2, -0.15) is 5.10 Å². The quantitative estimate of drug-likeness (QED) is 0.716. The first-order valence-electron chi connectivity index (χ1n) is 9.29. The van der Waals surface area contributed by atoms with E-state index in [0.717, 1.165) is 36.9 Å². The molecule has 1 aliphatic heterocycles. The molecule has 6 nitrogen and oxygen atoms in total. The summed E-state index contributed by atoms with van der Waals surface area (Å²) in [4.78, 5) is 20.2. The molecule has 1 aliphatic rings. The minimum absolute atomic E-state index is 0.0767. The van der Waals surface area contributed by atoms with Gasteiger partial charge >= 0.3 is 0 Å². The van der Waals surface area contributed by atoms with Crippen LogP contribution in [0.1, 0.15) is 48.7 Å². The molecule has 4 rings (SSSR count). The number of piperidine rings is 1. The predicted molar refractivity (Wildman–Crippen MR) is 99.9 cm³/mol. The first-order valence-corrected chi connectivity index (χ1v) is 9.29. The fourth-order valence-corrected chi connectivity index (χ4v) is 4.01. The van der Waals surface area contributed by atoms with Crippen LogP contribution >= 0.6 is 0 Å². The van der Waals surface area contributed by atoms with Crippen LogP contribution in [0.3, 0.4) is 0 Å². The molecule has 1 fully saturated rings. The summed E-state index contributed by atoms with van der Waals surface area (Å²) in [6, 6.07) is 5.86. The van der Waals surface area contributed by atoms with Crippen LogP contribution in [0, 0.1) is 6.92 Å². The second-order valence-electron chi connectivity index (χ2n) is 7.00. The average molecular weight is 352 g/mol. The number of rotatable bonds is 3.